The van der Waals surface area contributed by atoms with E-state index in [1.54, 1.807) is 6.20 Å². The molecule has 0 aliphatic carbocycles. The highest BCUT2D eigenvalue weighted by molar-refractivity contribution is 5.88. The second-order valence-corrected chi connectivity index (χ2v) is 9.27. The summed E-state index contributed by atoms with van der Waals surface area (Å²) >= 11 is 0. The number of nitriles is 1. The Morgan fingerprint density at radius 1 is 0.895 bits per heavy atom. The van der Waals surface area contributed by atoms with Crippen molar-refractivity contribution in [1.82, 2.24) is 14.9 Å². The van der Waals surface area contributed by atoms with Crippen molar-refractivity contribution >= 4 is 28.9 Å². The molecule has 38 heavy (non-hydrogen) atoms. The number of carbonyl (C=O) groups excluding carboxylic acids is 1. The van der Waals surface area contributed by atoms with Gasteiger partial charge >= 0.3 is 0 Å². The first-order valence-corrected chi connectivity index (χ1v) is 12.6. The van der Waals surface area contributed by atoms with Crippen LogP contribution in [0.1, 0.15) is 18.1 Å². The number of nitrogens with one attached hydrogen (secondary N) is 2. The van der Waals surface area contributed by atoms with E-state index < -0.39 is 0 Å². The number of benzene rings is 3. The van der Waals surface area contributed by atoms with Gasteiger partial charge in [-0.2, -0.15) is 5.26 Å². The number of nitrogens with zero attached hydrogens (tertiary/aromatic N) is 5. The zero-order valence-electron chi connectivity index (χ0n) is 21.3. The lowest BCUT2D eigenvalue weighted by atomic mass is 10.1. The fraction of sp³-hybridized carbons (Fsp3) is 0.200. The van der Waals surface area contributed by atoms with Gasteiger partial charge in [0.1, 0.15) is 0 Å². The van der Waals surface area contributed by atoms with E-state index in [0.717, 1.165) is 55.4 Å². The standard InChI is InChI=1S/C30H29N7O/c1-22(38)33-26-8-6-25(7-9-26)29-14-15-32-30(35-29)34-27-10-12-28(13-11-27)37-18-16-36(17-19-37)21-24-4-2-23(20-31)3-5-24/h2-15H,16-19,21H2,1H3,(H,33,38)(H,32,34,35). The van der Waals surface area contributed by atoms with Gasteiger partial charge in [-0.1, -0.05) is 24.3 Å². The smallest absolute Gasteiger partial charge is 0.227 e. The molecule has 0 saturated carbocycles. The molecule has 1 amide bonds. The molecule has 1 aliphatic rings. The molecule has 4 aromatic rings. The summed E-state index contributed by atoms with van der Waals surface area (Å²) < 4.78 is 0. The number of rotatable bonds is 7. The van der Waals surface area contributed by atoms with Gasteiger partial charge in [0, 0.05) is 68.5 Å². The maximum absolute atomic E-state index is 11.2. The van der Waals surface area contributed by atoms with E-state index >= 15 is 0 Å². The van der Waals surface area contributed by atoms with E-state index in [9.17, 15) is 4.79 Å². The molecule has 8 heteroatoms. The van der Waals surface area contributed by atoms with Crippen molar-refractivity contribution in [2.24, 2.45) is 0 Å². The van der Waals surface area contributed by atoms with Crippen LogP contribution < -0.4 is 15.5 Å². The van der Waals surface area contributed by atoms with Crippen molar-refractivity contribution in [3.05, 3.63) is 96.2 Å². The Bertz CT molecular complexity index is 1420. The van der Waals surface area contributed by atoms with Crippen LogP contribution in [-0.4, -0.2) is 47.0 Å². The highest BCUT2D eigenvalue weighted by Crippen LogP contribution is 2.24. The van der Waals surface area contributed by atoms with E-state index in [1.165, 1.54) is 18.2 Å². The third kappa shape index (κ3) is 6.33. The minimum absolute atomic E-state index is 0.0979. The largest absolute Gasteiger partial charge is 0.369 e. The highest BCUT2D eigenvalue weighted by Gasteiger charge is 2.17. The Kier molecular flexibility index (Phi) is 7.57. The first kappa shape index (κ1) is 24.9. The lowest BCUT2D eigenvalue weighted by Crippen LogP contribution is -2.45. The van der Waals surface area contributed by atoms with Gasteiger partial charge < -0.3 is 15.5 Å². The molecule has 1 aliphatic heterocycles. The lowest BCUT2D eigenvalue weighted by molar-refractivity contribution is -0.114. The SMILES string of the molecule is CC(=O)Nc1ccc(-c2ccnc(Nc3ccc(N4CCN(Cc5ccc(C#N)cc5)CC4)cc3)n2)cc1. The zero-order chi connectivity index (χ0) is 26.3. The molecule has 2 heterocycles. The summed E-state index contributed by atoms with van der Waals surface area (Å²) in [7, 11) is 0. The van der Waals surface area contributed by atoms with Gasteiger partial charge in [-0.15, -0.1) is 0 Å². The summed E-state index contributed by atoms with van der Waals surface area (Å²) in [6.07, 6.45) is 1.73. The van der Waals surface area contributed by atoms with Crippen LogP contribution in [0.3, 0.4) is 0 Å². The van der Waals surface area contributed by atoms with Crippen LogP contribution in [0.15, 0.2) is 85.1 Å². The summed E-state index contributed by atoms with van der Waals surface area (Å²) in [6.45, 7) is 6.31. The molecular formula is C30H29N7O. The quantitative estimate of drug-likeness (QED) is 0.365. The Morgan fingerprint density at radius 3 is 2.24 bits per heavy atom. The van der Waals surface area contributed by atoms with E-state index in [4.69, 9.17) is 5.26 Å². The molecule has 0 spiro atoms. The molecular weight excluding hydrogens is 474 g/mol. The third-order valence-electron chi connectivity index (χ3n) is 6.51. The van der Waals surface area contributed by atoms with Crippen molar-refractivity contribution in [3.63, 3.8) is 0 Å². The number of hydrogen-bond acceptors (Lipinski definition) is 7. The average Bonchev–Trinajstić information content (AvgIpc) is 2.95. The molecule has 1 saturated heterocycles. The predicted molar refractivity (Wildman–Crippen MR) is 150 cm³/mol. The maximum Gasteiger partial charge on any atom is 0.227 e. The Morgan fingerprint density at radius 2 is 1.58 bits per heavy atom. The molecule has 0 unspecified atom stereocenters. The van der Waals surface area contributed by atoms with Crippen LogP contribution in [0.4, 0.5) is 23.0 Å². The monoisotopic (exact) mass is 503 g/mol. The fourth-order valence-electron chi connectivity index (χ4n) is 4.50. The van der Waals surface area contributed by atoms with Gasteiger partial charge in [-0.05, 0) is 60.2 Å². The highest BCUT2D eigenvalue weighted by atomic mass is 16.1. The van der Waals surface area contributed by atoms with Crippen molar-refractivity contribution in [3.8, 4) is 17.3 Å². The Hall–Kier alpha value is -4.74. The summed E-state index contributed by atoms with van der Waals surface area (Å²) in [5, 5.41) is 15.0. The molecule has 190 valence electrons. The van der Waals surface area contributed by atoms with Gasteiger partial charge in [0.2, 0.25) is 11.9 Å². The number of hydrogen-bond donors (Lipinski definition) is 2. The van der Waals surface area contributed by atoms with E-state index in [-0.39, 0.29) is 5.91 Å². The van der Waals surface area contributed by atoms with E-state index in [1.807, 2.05) is 54.6 Å². The first-order chi connectivity index (χ1) is 18.6. The Labute approximate surface area is 222 Å². The van der Waals surface area contributed by atoms with Gasteiger partial charge in [-0.3, -0.25) is 9.69 Å². The molecule has 5 rings (SSSR count). The molecule has 0 atom stereocenters. The molecule has 8 nitrogen and oxygen atoms in total. The van der Waals surface area contributed by atoms with Crippen molar-refractivity contribution in [1.29, 1.82) is 5.26 Å². The number of piperazine rings is 1. The van der Waals surface area contributed by atoms with Crippen LogP contribution in [0.25, 0.3) is 11.3 Å². The van der Waals surface area contributed by atoms with Gasteiger partial charge in [0.25, 0.3) is 0 Å². The number of aromatic nitrogens is 2. The molecule has 0 radical (unpaired) electrons. The van der Waals surface area contributed by atoms with Crippen LogP contribution in [0, 0.1) is 11.3 Å². The van der Waals surface area contributed by atoms with Crippen LogP contribution >= 0.6 is 0 Å². The second-order valence-electron chi connectivity index (χ2n) is 9.27. The molecule has 1 aromatic heterocycles. The van der Waals surface area contributed by atoms with E-state index in [0.29, 0.717) is 11.5 Å². The zero-order valence-corrected chi connectivity index (χ0v) is 21.3. The molecule has 2 N–H and O–H groups in total. The van der Waals surface area contributed by atoms with Gasteiger partial charge in [-0.25, -0.2) is 9.97 Å². The number of carbonyl (C=O) groups is 1. The lowest BCUT2D eigenvalue weighted by Gasteiger charge is -2.36. The predicted octanol–water partition coefficient (Wildman–Crippen LogP) is 5.04. The van der Waals surface area contributed by atoms with Crippen molar-refractivity contribution < 1.29 is 4.79 Å². The minimum Gasteiger partial charge on any atom is -0.369 e. The first-order valence-electron chi connectivity index (χ1n) is 12.6. The number of anilines is 4. The molecule has 3 aromatic carbocycles. The van der Waals surface area contributed by atoms with Crippen molar-refractivity contribution in [2.45, 2.75) is 13.5 Å². The summed E-state index contributed by atoms with van der Waals surface area (Å²) in [6, 6.07) is 27.8. The van der Waals surface area contributed by atoms with Gasteiger partial charge in [0.15, 0.2) is 0 Å². The third-order valence-corrected chi connectivity index (χ3v) is 6.51. The summed E-state index contributed by atoms with van der Waals surface area (Å²) in [4.78, 5) is 25.1. The minimum atomic E-state index is -0.0979. The van der Waals surface area contributed by atoms with Crippen molar-refractivity contribution in [2.75, 3.05) is 41.7 Å². The number of amides is 1. The van der Waals surface area contributed by atoms with Gasteiger partial charge in [0.05, 0.1) is 17.3 Å². The maximum atomic E-state index is 11.2. The van der Waals surface area contributed by atoms with Crippen LogP contribution in [-0.2, 0) is 11.3 Å². The normalized spacial score (nSPS) is 13.5. The summed E-state index contributed by atoms with van der Waals surface area (Å²) in [5.41, 5.74) is 6.55. The topological polar surface area (TPSA) is 97.2 Å². The summed E-state index contributed by atoms with van der Waals surface area (Å²) in [5.74, 6) is 0.428. The molecule has 1 fully saturated rings. The Balaban J connectivity index is 1.16. The second kappa shape index (κ2) is 11.5. The van der Waals surface area contributed by atoms with E-state index in [2.05, 4.69) is 60.7 Å². The van der Waals surface area contributed by atoms with Crippen LogP contribution in [0.2, 0.25) is 0 Å². The molecule has 0 bridgehead atoms. The van der Waals surface area contributed by atoms with Crippen LogP contribution in [0.5, 0.6) is 0 Å². The average molecular weight is 504 g/mol. The fourth-order valence-corrected chi connectivity index (χ4v) is 4.50.